The molecule has 0 unspecified atom stereocenters. The van der Waals surface area contributed by atoms with E-state index in [1.54, 1.807) is 61.5 Å². The van der Waals surface area contributed by atoms with E-state index in [-0.39, 0.29) is 17.4 Å². The van der Waals surface area contributed by atoms with Crippen LogP contribution in [0.25, 0.3) is 17.0 Å². The van der Waals surface area contributed by atoms with Crippen LogP contribution in [0.2, 0.25) is 0 Å². The number of hydrogen-bond donors (Lipinski definition) is 3. The molecular weight excluding hydrogens is 634 g/mol. The fraction of sp³-hybridized carbons (Fsp3) is 0.342. The summed E-state index contributed by atoms with van der Waals surface area (Å²) in [5, 5.41) is 9.58. The van der Waals surface area contributed by atoms with E-state index >= 15 is 0 Å². The average Bonchev–Trinajstić information content (AvgIpc) is 3.57. The van der Waals surface area contributed by atoms with Crippen molar-refractivity contribution in [3.8, 4) is 11.5 Å². The first kappa shape index (κ1) is 34.7. The highest BCUT2D eigenvalue weighted by Gasteiger charge is 2.29. The van der Waals surface area contributed by atoms with Crippen LogP contribution in [0.4, 0.5) is 16.2 Å². The van der Waals surface area contributed by atoms with E-state index in [1.807, 2.05) is 25.3 Å². The smallest absolute Gasteiger partial charge is 0.323 e. The van der Waals surface area contributed by atoms with Gasteiger partial charge in [0.15, 0.2) is 5.76 Å². The van der Waals surface area contributed by atoms with E-state index in [1.165, 1.54) is 0 Å². The van der Waals surface area contributed by atoms with Gasteiger partial charge in [0.2, 0.25) is 5.78 Å². The van der Waals surface area contributed by atoms with Crippen LogP contribution in [0.1, 0.15) is 32.0 Å². The van der Waals surface area contributed by atoms with Crippen molar-refractivity contribution >= 4 is 46.1 Å². The lowest BCUT2D eigenvalue weighted by molar-refractivity contribution is 0.0796. The molecule has 12 heteroatoms. The minimum absolute atomic E-state index is 0.100. The number of ether oxygens (including phenoxy) is 2. The van der Waals surface area contributed by atoms with Crippen molar-refractivity contribution in [2.24, 2.45) is 0 Å². The molecule has 262 valence electrons. The van der Waals surface area contributed by atoms with E-state index < -0.39 is 6.03 Å². The predicted molar refractivity (Wildman–Crippen MR) is 197 cm³/mol. The minimum atomic E-state index is -0.480. The SMILES string of the molecule is CNCCN(C)C(=O)c1ccc(NC(=O)Nc2ccc3c(c2)C(=O)/C(=C/c2c(C)n(CCN4CCN(C)CC4)c4ccc(OC)cc24)O3)cc1. The number of rotatable bonds is 11. The zero-order valence-corrected chi connectivity index (χ0v) is 29.3. The number of carbonyl (C=O) groups is 3. The number of methoxy groups -OCH3 is 1. The molecule has 0 bridgehead atoms. The van der Waals surface area contributed by atoms with Gasteiger partial charge in [-0.3, -0.25) is 14.5 Å². The maximum absolute atomic E-state index is 13.7. The van der Waals surface area contributed by atoms with Crippen molar-refractivity contribution in [2.75, 3.05) is 84.7 Å². The number of amides is 3. The number of Topliss-reactive ketones (excluding diaryl/α,β-unsaturated/α-hetero) is 1. The first-order chi connectivity index (χ1) is 24.1. The third-order valence-electron chi connectivity index (χ3n) is 9.45. The standard InChI is InChI=1S/C38H45N7O5/c1-25-30(31-23-29(49-5)11-12-33(31)45(25)21-20-44-18-16-42(3)17-19-44)24-35-36(46)32-22-28(10-13-34(32)50-35)41-38(48)40-27-8-6-26(7-9-27)37(47)43(4)15-14-39-2/h6-13,22-24,39H,14-21H2,1-5H3,(H2,40,41,48)/b35-24-. The first-order valence-corrected chi connectivity index (χ1v) is 16.9. The lowest BCUT2D eigenvalue weighted by atomic mass is 10.1. The van der Waals surface area contributed by atoms with Gasteiger partial charge in [-0.15, -0.1) is 0 Å². The van der Waals surface area contributed by atoms with Crippen LogP contribution in [0.3, 0.4) is 0 Å². The summed E-state index contributed by atoms with van der Waals surface area (Å²) in [5.41, 5.74) is 4.88. The minimum Gasteiger partial charge on any atom is -0.497 e. The number of anilines is 2. The van der Waals surface area contributed by atoms with Gasteiger partial charge in [0.25, 0.3) is 5.91 Å². The highest BCUT2D eigenvalue weighted by atomic mass is 16.5. The molecule has 3 aromatic carbocycles. The van der Waals surface area contributed by atoms with Gasteiger partial charge in [0, 0.05) is 98.5 Å². The summed E-state index contributed by atoms with van der Waals surface area (Å²) in [5.74, 6) is 1.03. The van der Waals surface area contributed by atoms with Gasteiger partial charge in [0.1, 0.15) is 11.5 Å². The van der Waals surface area contributed by atoms with E-state index in [0.717, 1.165) is 67.2 Å². The van der Waals surface area contributed by atoms with Crippen LogP contribution >= 0.6 is 0 Å². The molecule has 3 amide bonds. The molecule has 2 aliphatic heterocycles. The maximum Gasteiger partial charge on any atom is 0.323 e. The largest absolute Gasteiger partial charge is 0.497 e. The van der Waals surface area contributed by atoms with E-state index in [9.17, 15) is 14.4 Å². The quantitative estimate of drug-likeness (QED) is 0.194. The number of likely N-dealkylation sites (N-methyl/N-ethyl adjacent to an activating group) is 3. The number of hydrogen-bond acceptors (Lipinski definition) is 8. The Morgan fingerprint density at radius 3 is 2.40 bits per heavy atom. The van der Waals surface area contributed by atoms with Gasteiger partial charge < -0.3 is 39.8 Å². The molecule has 0 radical (unpaired) electrons. The van der Waals surface area contributed by atoms with Gasteiger partial charge in [0.05, 0.1) is 12.7 Å². The Morgan fingerprint density at radius 1 is 0.960 bits per heavy atom. The van der Waals surface area contributed by atoms with Crippen LogP contribution in [0.15, 0.2) is 66.4 Å². The van der Waals surface area contributed by atoms with Gasteiger partial charge in [-0.05, 0) is 87.8 Å². The van der Waals surface area contributed by atoms with Gasteiger partial charge in [-0.1, -0.05) is 0 Å². The van der Waals surface area contributed by atoms with E-state index in [2.05, 4.69) is 50.4 Å². The molecule has 0 saturated carbocycles. The lowest BCUT2D eigenvalue weighted by Gasteiger charge is -2.32. The second-order valence-corrected chi connectivity index (χ2v) is 12.8. The first-order valence-electron chi connectivity index (χ1n) is 16.9. The molecule has 0 spiro atoms. The van der Waals surface area contributed by atoms with Crippen molar-refractivity contribution in [1.82, 2.24) is 24.6 Å². The van der Waals surface area contributed by atoms with Crippen molar-refractivity contribution in [3.05, 3.63) is 88.8 Å². The molecule has 3 N–H and O–H groups in total. The fourth-order valence-electron chi connectivity index (χ4n) is 6.39. The molecule has 1 saturated heterocycles. The molecule has 6 rings (SSSR count). The second kappa shape index (κ2) is 15.2. The molecule has 3 heterocycles. The molecule has 50 heavy (non-hydrogen) atoms. The number of carbonyl (C=O) groups excluding carboxylic acids is 3. The van der Waals surface area contributed by atoms with Gasteiger partial charge in [-0.25, -0.2) is 4.79 Å². The summed E-state index contributed by atoms with van der Waals surface area (Å²) >= 11 is 0. The number of allylic oxidation sites excluding steroid dienone is 1. The Kier molecular flexibility index (Phi) is 10.5. The monoisotopic (exact) mass is 679 g/mol. The average molecular weight is 680 g/mol. The second-order valence-electron chi connectivity index (χ2n) is 12.8. The number of ketones is 1. The number of urea groups is 1. The Labute approximate surface area is 292 Å². The summed E-state index contributed by atoms with van der Waals surface area (Å²) in [6.45, 7) is 9.33. The number of nitrogens with zero attached hydrogens (tertiary/aromatic N) is 4. The topological polar surface area (TPSA) is 120 Å². The van der Waals surface area contributed by atoms with Crippen LogP contribution in [0, 0.1) is 6.92 Å². The normalized spacial score (nSPS) is 15.6. The number of piperazine rings is 1. The van der Waals surface area contributed by atoms with E-state index in [0.29, 0.717) is 41.3 Å². The molecule has 12 nitrogen and oxygen atoms in total. The highest BCUT2D eigenvalue weighted by molar-refractivity contribution is 6.16. The summed E-state index contributed by atoms with van der Waals surface area (Å²) < 4.78 is 13.9. The number of fused-ring (bicyclic) bond motifs is 2. The van der Waals surface area contributed by atoms with Crippen molar-refractivity contribution in [1.29, 1.82) is 0 Å². The van der Waals surface area contributed by atoms with Crippen LogP contribution < -0.4 is 25.4 Å². The summed E-state index contributed by atoms with van der Waals surface area (Å²) in [6, 6.07) is 17.3. The Morgan fingerprint density at radius 2 is 1.68 bits per heavy atom. The Balaban J connectivity index is 1.15. The zero-order valence-electron chi connectivity index (χ0n) is 29.3. The summed E-state index contributed by atoms with van der Waals surface area (Å²) in [4.78, 5) is 45.6. The molecule has 4 aromatic rings. The van der Waals surface area contributed by atoms with Gasteiger partial charge in [-0.2, -0.15) is 0 Å². The number of nitrogens with one attached hydrogen (secondary N) is 3. The molecule has 0 atom stereocenters. The maximum atomic E-state index is 13.7. The third kappa shape index (κ3) is 7.52. The highest BCUT2D eigenvalue weighted by Crippen LogP contribution is 2.37. The summed E-state index contributed by atoms with van der Waals surface area (Å²) in [6.07, 6.45) is 1.82. The van der Waals surface area contributed by atoms with Crippen molar-refractivity contribution in [3.63, 3.8) is 0 Å². The van der Waals surface area contributed by atoms with Crippen LogP contribution in [0.5, 0.6) is 11.5 Å². The molecule has 0 aliphatic carbocycles. The number of benzene rings is 3. The Bertz CT molecular complexity index is 1930. The lowest BCUT2D eigenvalue weighted by Crippen LogP contribution is -2.45. The van der Waals surface area contributed by atoms with Crippen LogP contribution in [-0.2, 0) is 6.54 Å². The molecular formula is C38H45N7O5. The number of aromatic nitrogens is 1. The van der Waals surface area contributed by atoms with E-state index in [4.69, 9.17) is 9.47 Å². The molecule has 2 aliphatic rings. The third-order valence-corrected chi connectivity index (χ3v) is 9.45. The fourth-order valence-corrected chi connectivity index (χ4v) is 6.39. The summed E-state index contributed by atoms with van der Waals surface area (Å²) in [7, 11) is 7.39. The molecule has 1 fully saturated rings. The Hall–Kier alpha value is -5.17. The van der Waals surface area contributed by atoms with Crippen molar-refractivity contribution < 1.29 is 23.9 Å². The van der Waals surface area contributed by atoms with Crippen molar-refractivity contribution in [2.45, 2.75) is 13.5 Å². The molecule has 1 aromatic heterocycles. The van der Waals surface area contributed by atoms with Crippen LogP contribution in [-0.4, -0.2) is 111 Å². The predicted octanol–water partition coefficient (Wildman–Crippen LogP) is 4.76. The zero-order chi connectivity index (χ0) is 35.4. The van der Waals surface area contributed by atoms with Gasteiger partial charge >= 0.3 is 6.03 Å².